The summed E-state index contributed by atoms with van der Waals surface area (Å²) in [7, 11) is 0. The van der Waals surface area contributed by atoms with Crippen LogP contribution in [0, 0.1) is 0 Å². The Bertz CT molecular complexity index is 1060. The molecule has 160 valence electrons. The molecule has 0 bridgehead atoms. The lowest BCUT2D eigenvalue weighted by molar-refractivity contribution is -0.153. The summed E-state index contributed by atoms with van der Waals surface area (Å²) < 4.78 is 47.4. The maximum absolute atomic E-state index is 13.1. The first-order valence-corrected chi connectivity index (χ1v) is 9.51. The van der Waals surface area contributed by atoms with Gasteiger partial charge in [-0.1, -0.05) is 18.2 Å². The summed E-state index contributed by atoms with van der Waals surface area (Å²) in [6.45, 7) is -0.349. The summed E-state index contributed by atoms with van der Waals surface area (Å²) in [5, 5.41) is 0. The van der Waals surface area contributed by atoms with Gasteiger partial charge < -0.3 is 14.4 Å². The molecule has 0 N–H and O–H groups in total. The highest BCUT2D eigenvalue weighted by Crippen LogP contribution is 2.31. The molecule has 0 fully saturated rings. The van der Waals surface area contributed by atoms with Crippen molar-refractivity contribution in [2.45, 2.75) is 12.7 Å². The molecule has 0 unspecified atom stereocenters. The lowest BCUT2D eigenvalue weighted by Crippen LogP contribution is -2.32. The molecule has 3 aromatic rings. The summed E-state index contributed by atoms with van der Waals surface area (Å²) in [5.74, 6) is 0.927. The molecule has 0 saturated heterocycles. The summed E-state index contributed by atoms with van der Waals surface area (Å²) in [4.78, 5) is 23.1. The number of ether oxygens (including phenoxy) is 2. The molecule has 0 atom stereocenters. The van der Waals surface area contributed by atoms with Crippen LogP contribution >= 0.6 is 0 Å². The van der Waals surface area contributed by atoms with E-state index in [1.165, 1.54) is 12.1 Å². The minimum absolute atomic E-state index is 0.115. The Morgan fingerprint density at radius 1 is 1.03 bits per heavy atom. The van der Waals surface area contributed by atoms with E-state index in [-0.39, 0.29) is 18.2 Å². The van der Waals surface area contributed by atoms with Crippen LogP contribution in [0.3, 0.4) is 0 Å². The summed E-state index contributed by atoms with van der Waals surface area (Å²) in [5.41, 5.74) is 1.87. The highest BCUT2D eigenvalue weighted by Gasteiger charge is 2.28. The Morgan fingerprint density at radius 2 is 1.74 bits per heavy atom. The number of benzene rings is 2. The Kier molecular flexibility index (Phi) is 5.75. The third-order valence-electron chi connectivity index (χ3n) is 4.66. The largest absolute Gasteiger partial charge is 0.491 e. The number of halogens is 3. The van der Waals surface area contributed by atoms with E-state index in [9.17, 15) is 18.0 Å². The molecule has 9 heteroatoms. The zero-order chi connectivity index (χ0) is 21.8. The summed E-state index contributed by atoms with van der Waals surface area (Å²) >= 11 is 0. The highest BCUT2D eigenvalue weighted by atomic mass is 19.4. The van der Waals surface area contributed by atoms with Crippen molar-refractivity contribution < 1.29 is 27.4 Å². The number of fused-ring (bicyclic) bond motifs is 1. The van der Waals surface area contributed by atoms with E-state index in [0.717, 1.165) is 11.1 Å². The minimum Gasteiger partial charge on any atom is -0.491 e. The van der Waals surface area contributed by atoms with Crippen molar-refractivity contribution in [1.82, 2.24) is 14.9 Å². The number of carbonyl (C=O) groups excluding carboxylic acids is 1. The van der Waals surface area contributed by atoms with Crippen LogP contribution in [0.25, 0.3) is 11.1 Å². The van der Waals surface area contributed by atoms with E-state index >= 15 is 0 Å². The first-order valence-electron chi connectivity index (χ1n) is 9.51. The first-order chi connectivity index (χ1) is 14.9. The van der Waals surface area contributed by atoms with Crippen molar-refractivity contribution in [3.63, 3.8) is 0 Å². The van der Waals surface area contributed by atoms with Crippen LogP contribution in [0.1, 0.15) is 16.2 Å². The Labute approximate surface area is 176 Å². The second-order valence-corrected chi connectivity index (χ2v) is 6.88. The minimum atomic E-state index is -4.40. The van der Waals surface area contributed by atoms with Crippen LogP contribution in [0.4, 0.5) is 13.2 Å². The Balaban J connectivity index is 1.55. The van der Waals surface area contributed by atoms with Gasteiger partial charge in [-0.25, -0.2) is 9.97 Å². The zero-order valence-corrected chi connectivity index (χ0v) is 16.3. The van der Waals surface area contributed by atoms with Gasteiger partial charge in [-0.05, 0) is 41.5 Å². The van der Waals surface area contributed by atoms with E-state index in [1.54, 1.807) is 53.7 Å². The number of alkyl halides is 3. The fraction of sp³-hybridized carbons (Fsp3) is 0.227. The predicted molar refractivity (Wildman–Crippen MR) is 106 cm³/mol. The van der Waals surface area contributed by atoms with Gasteiger partial charge in [0.2, 0.25) is 0 Å². The van der Waals surface area contributed by atoms with Gasteiger partial charge in [0.25, 0.3) is 5.91 Å². The maximum Gasteiger partial charge on any atom is 0.422 e. The Hall–Kier alpha value is -3.62. The van der Waals surface area contributed by atoms with Crippen LogP contribution in [-0.4, -0.2) is 46.7 Å². The van der Waals surface area contributed by atoms with Gasteiger partial charge in [-0.3, -0.25) is 4.79 Å². The third-order valence-corrected chi connectivity index (χ3v) is 4.66. The molecule has 1 aromatic heterocycles. The van der Waals surface area contributed by atoms with Crippen molar-refractivity contribution in [3.8, 4) is 22.6 Å². The van der Waals surface area contributed by atoms with E-state index in [1.807, 2.05) is 0 Å². The number of nitrogens with zero attached hydrogens (tertiary/aromatic N) is 3. The van der Waals surface area contributed by atoms with Crippen LogP contribution < -0.4 is 9.47 Å². The molecule has 31 heavy (non-hydrogen) atoms. The smallest absolute Gasteiger partial charge is 0.422 e. The number of rotatable bonds is 5. The standard InChI is InChI=1S/C22H18F3N3O3/c23-22(24,25)14-31-17-5-2-15(3-6-17)16-4-7-19-18(12-16)21(29)28(10-11-30-19)13-20-26-8-1-9-27-20/h1-9,12H,10-11,13-14H2. The highest BCUT2D eigenvalue weighted by molar-refractivity contribution is 5.98. The molecule has 0 saturated carbocycles. The number of hydrogen-bond acceptors (Lipinski definition) is 5. The lowest BCUT2D eigenvalue weighted by atomic mass is 10.0. The predicted octanol–water partition coefficient (Wildman–Crippen LogP) is 4.12. The quantitative estimate of drug-likeness (QED) is 0.611. The lowest BCUT2D eigenvalue weighted by Gasteiger charge is -2.19. The average Bonchev–Trinajstić information content (AvgIpc) is 2.92. The molecule has 1 aliphatic rings. The van der Waals surface area contributed by atoms with Gasteiger partial charge in [-0.2, -0.15) is 13.2 Å². The van der Waals surface area contributed by atoms with Gasteiger partial charge in [0, 0.05) is 12.4 Å². The average molecular weight is 429 g/mol. The molecular formula is C22H18F3N3O3. The molecule has 6 nitrogen and oxygen atoms in total. The van der Waals surface area contributed by atoms with Gasteiger partial charge in [0.1, 0.15) is 23.9 Å². The fourth-order valence-electron chi connectivity index (χ4n) is 3.18. The van der Waals surface area contributed by atoms with Crippen LogP contribution in [0.5, 0.6) is 11.5 Å². The van der Waals surface area contributed by atoms with E-state index in [2.05, 4.69) is 9.97 Å². The molecule has 0 spiro atoms. The molecule has 0 aliphatic carbocycles. The fourth-order valence-corrected chi connectivity index (χ4v) is 3.18. The maximum atomic E-state index is 13.1. The van der Waals surface area contributed by atoms with E-state index < -0.39 is 12.8 Å². The monoisotopic (exact) mass is 429 g/mol. The zero-order valence-electron chi connectivity index (χ0n) is 16.3. The van der Waals surface area contributed by atoms with Gasteiger partial charge in [-0.15, -0.1) is 0 Å². The summed E-state index contributed by atoms with van der Waals surface area (Å²) in [6.07, 6.45) is -1.16. The molecule has 4 rings (SSSR count). The van der Waals surface area contributed by atoms with E-state index in [0.29, 0.717) is 30.3 Å². The van der Waals surface area contributed by atoms with Crippen molar-refractivity contribution in [1.29, 1.82) is 0 Å². The number of amides is 1. The van der Waals surface area contributed by atoms with Crippen molar-refractivity contribution in [3.05, 3.63) is 72.3 Å². The molecule has 1 amide bonds. The van der Waals surface area contributed by atoms with Gasteiger partial charge in [0.05, 0.1) is 18.7 Å². The number of aromatic nitrogens is 2. The van der Waals surface area contributed by atoms with Crippen molar-refractivity contribution in [2.75, 3.05) is 19.8 Å². The van der Waals surface area contributed by atoms with Crippen LogP contribution in [0.2, 0.25) is 0 Å². The Morgan fingerprint density at radius 3 is 2.45 bits per heavy atom. The topological polar surface area (TPSA) is 64.6 Å². The number of carbonyl (C=O) groups is 1. The molecule has 0 radical (unpaired) electrons. The molecule has 2 aromatic carbocycles. The molecule has 2 heterocycles. The van der Waals surface area contributed by atoms with Gasteiger partial charge >= 0.3 is 6.18 Å². The first kappa shape index (κ1) is 20.6. The second kappa shape index (κ2) is 8.63. The number of hydrogen-bond donors (Lipinski definition) is 0. The van der Waals surface area contributed by atoms with Crippen molar-refractivity contribution >= 4 is 5.91 Å². The summed E-state index contributed by atoms with van der Waals surface area (Å²) in [6, 6.07) is 13.2. The molecule has 1 aliphatic heterocycles. The van der Waals surface area contributed by atoms with Crippen LogP contribution in [-0.2, 0) is 6.54 Å². The van der Waals surface area contributed by atoms with E-state index in [4.69, 9.17) is 9.47 Å². The van der Waals surface area contributed by atoms with Gasteiger partial charge in [0.15, 0.2) is 6.61 Å². The normalized spacial score (nSPS) is 13.9. The SMILES string of the molecule is O=C1c2cc(-c3ccc(OCC(F)(F)F)cc3)ccc2OCCN1Cc1ncccn1. The third kappa shape index (κ3) is 5.11. The van der Waals surface area contributed by atoms with Crippen LogP contribution in [0.15, 0.2) is 60.9 Å². The van der Waals surface area contributed by atoms with Crippen molar-refractivity contribution in [2.24, 2.45) is 0 Å². The molecular weight excluding hydrogens is 411 g/mol. The second-order valence-electron chi connectivity index (χ2n) is 6.88.